The van der Waals surface area contributed by atoms with Crippen molar-refractivity contribution < 1.29 is 9.13 Å². The maximum Gasteiger partial charge on any atom is 0.126 e. The van der Waals surface area contributed by atoms with Crippen molar-refractivity contribution in [3.8, 4) is 0 Å². The summed E-state index contributed by atoms with van der Waals surface area (Å²) in [4.78, 5) is 0. The molecule has 0 heterocycles. The molecule has 0 radical (unpaired) electrons. The molecule has 1 aromatic carbocycles. The van der Waals surface area contributed by atoms with Gasteiger partial charge in [0.15, 0.2) is 0 Å². The molecule has 3 heteroatoms. The summed E-state index contributed by atoms with van der Waals surface area (Å²) in [7, 11) is 0. The van der Waals surface area contributed by atoms with Crippen molar-refractivity contribution in [1.82, 2.24) is 5.32 Å². The average Bonchev–Trinajstić information content (AvgIpc) is 2.32. The number of aryl methyl sites for hydroxylation is 1. The van der Waals surface area contributed by atoms with Crippen LogP contribution in [0.3, 0.4) is 0 Å². The van der Waals surface area contributed by atoms with Crippen LogP contribution in [0.25, 0.3) is 0 Å². The molecular formula is C14H20FNO. The Morgan fingerprint density at radius 3 is 2.94 bits per heavy atom. The van der Waals surface area contributed by atoms with Gasteiger partial charge in [0, 0.05) is 6.04 Å². The molecule has 0 spiro atoms. The molecule has 0 aliphatic rings. The van der Waals surface area contributed by atoms with E-state index in [-0.39, 0.29) is 11.9 Å². The van der Waals surface area contributed by atoms with Crippen molar-refractivity contribution in [2.45, 2.75) is 26.3 Å². The van der Waals surface area contributed by atoms with E-state index in [4.69, 9.17) is 4.74 Å². The summed E-state index contributed by atoms with van der Waals surface area (Å²) in [5.74, 6) is -0.147. The molecule has 0 fully saturated rings. The fourth-order valence-corrected chi connectivity index (χ4v) is 1.55. The topological polar surface area (TPSA) is 21.3 Å². The summed E-state index contributed by atoms with van der Waals surface area (Å²) in [5.41, 5.74) is 1.65. The molecular weight excluding hydrogens is 217 g/mol. The number of rotatable bonds is 7. The van der Waals surface area contributed by atoms with Gasteiger partial charge in [0.05, 0.1) is 12.9 Å². The van der Waals surface area contributed by atoms with Gasteiger partial charge in [0.1, 0.15) is 5.82 Å². The van der Waals surface area contributed by atoms with Crippen molar-refractivity contribution in [2.75, 3.05) is 13.2 Å². The van der Waals surface area contributed by atoms with E-state index in [1.807, 2.05) is 19.1 Å². The lowest BCUT2D eigenvalue weighted by Crippen LogP contribution is -2.20. The summed E-state index contributed by atoms with van der Waals surface area (Å²) >= 11 is 0. The number of ether oxygens (including phenoxy) is 1. The predicted molar refractivity (Wildman–Crippen MR) is 68.3 cm³/mol. The highest BCUT2D eigenvalue weighted by Gasteiger charge is 2.06. The molecule has 0 aliphatic carbocycles. The molecule has 2 nitrogen and oxygen atoms in total. The van der Waals surface area contributed by atoms with Crippen LogP contribution in [0.2, 0.25) is 0 Å². The van der Waals surface area contributed by atoms with E-state index in [9.17, 15) is 4.39 Å². The zero-order valence-corrected chi connectivity index (χ0v) is 10.5. The summed E-state index contributed by atoms with van der Waals surface area (Å²) in [5, 5.41) is 3.32. The van der Waals surface area contributed by atoms with Gasteiger partial charge >= 0.3 is 0 Å². The van der Waals surface area contributed by atoms with Crippen molar-refractivity contribution in [2.24, 2.45) is 0 Å². The monoisotopic (exact) mass is 237 g/mol. The molecule has 1 rings (SSSR count). The number of benzene rings is 1. The van der Waals surface area contributed by atoms with Crippen molar-refractivity contribution >= 4 is 0 Å². The fourth-order valence-electron chi connectivity index (χ4n) is 1.55. The molecule has 94 valence electrons. The minimum atomic E-state index is -0.147. The van der Waals surface area contributed by atoms with Crippen LogP contribution in [0.4, 0.5) is 4.39 Å². The second-order valence-electron chi connectivity index (χ2n) is 4.08. The molecule has 1 aromatic rings. The van der Waals surface area contributed by atoms with E-state index >= 15 is 0 Å². The fraction of sp³-hybridized carbons (Fsp3) is 0.429. The van der Waals surface area contributed by atoms with E-state index in [1.165, 1.54) is 6.26 Å². The third kappa shape index (κ3) is 4.57. The zero-order chi connectivity index (χ0) is 12.7. The average molecular weight is 237 g/mol. The Bertz CT molecular complexity index is 365. The largest absolute Gasteiger partial charge is 0.502 e. The number of halogens is 1. The minimum absolute atomic E-state index is 0.147. The third-order valence-electron chi connectivity index (χ3n) is 2.70. The van der Waals surface area contributed by atoms with Gasteiger partial charge < -0.3 is 10.1 Å². The molecule has 1 unspecified atom stereocenters. The Balaban J connectivity index is 2.38. The Hall–Kier alpha value is -1.35. The number of nitrogens with one attached hydrogen (secondary N) is 1. The van der Waals surface area contributed by atoms with Crippen LogP contribution in [0, 0.1) is 12.7 Å². The molecule has 0 bridgehead atoms. The number of hydrogen-bond acceptors (Lipinski definition) is 2. The van der Waals surface area contributed by atoms with Gasteiger partial charge in [-0.1, -0.05) is 18.7 Å². The van der Waals surface area contributed by atoms with E-state index < -0.39 is 0 Å². The first kappa shape index (κ1) is 13.7. The van der Waals surface area contributed by atoms with E-state index in [2.05, 4.69) is 11.9 Å². The molecule has 0 saturated heterocycles. The highest BCUT2D eigenvalue weighted by molar-refractivity contribution is 5.25. The van der Waals surface area contributed by atoms with Gasteiger partial charge in [-0.25, -0.2) is 4.39 Å². The molecule has 0 aliphatic heterocycles. The smallest absolute Gasteiger partial charge is 0.126 e. The van der Waals surface area contributed by atoms with Gasteiger partial charge in [0.2, 0.25) is 0 Å². The van der Waals surface area contributed by atoms with Crippen LogP contribution in [0.15, 0.2) is 31.0 Å². The zero-order valence-electron chi connectivity index (χ0n) is 10.5. The quantitative estimate of drug-likeness (QED) is 0.580. The van der Waals surface area contributed by atoms with Crippen LogP contribution in [-0.2, 0) is 4.74 Å². The lowest BCUT2D eigenvalue weighted by molar-refractivity contribution is 0.243. The van der Waals surface area contributed by atoms with Crippen LogP contribution in [-0.4, -0.2) is 13.2 Å². The van der Waals surface area contributed by atoms with Crippen molar-refractivity contribution in [3.63, 3.8) is 0 Å². The van der Waals surface area contributed by atoms with Gasteiger partial charge in [-0.15, -0.1) is 0 Å². The van der Waals surface area contributed by atoms with Crippen LogP contribution in [0.1, 0.15) is 30.5 Å². The van der Waals surface area contributed by atoms with Crippen molar-refractivity contribution in [1.29, 1.82) is 0 Å². The van der Waals surface area contributed by atoms with E-state index in [0.29, 0.717) is 12.2 Å². The van der Waals surface area contributed by atoms with E-state index in [1.54, 1.807) is 13.0 Å². The van der Waals surface area contributed by atoms with Gasteiger partial charge in [-0.2, -0.15) is 0 Å². The second kappa shape index (κ2) is 7.07. The molecule has 0 amide bonds. The molecule has 1 N–H and O–H groups in total. The highest BCUT2D eigenvalue weighted by Crippen LogP contribution is 2.16. The maximum atomic E-state index is 13.4. The first-order chi connectivity index (χ1) is 8.15. The van der Waals surface area contributed by atoms with E-state index in [0.717, 1.165) is 18.5 Å². The molecule has 17 heavy (non-hydrogen) atoms. The Morgan fingerprint density at radius 2 is 2.29 bits per heavy atom. The normalized spacial score (nSPS) is 12.2. The second-order valence-corrected chi connectivity index (χ2v) is 4.08. The lowest BCUT2D eigenvalue weighted by Gasteiger charge is -2.14. The minimum Gasteiger partial charge on any atom is -0.502 e. The standard InChI is InChI=1S/C14H20FNO/c1-4-17-9-5-8-16-12(3)13-7-6-11(2)14(15)10-13/h4,6-7,10,12,16H,1,5,8-9H2,2-3H3. The third-order valence-corrected chi connectivity index (χ3v) is 2.70. The molecule has 0 aromatic heterocycles. The first-order valence-electron chi connectivity index (χ1n) is 5.87. The summed E-state index contributed by atoms with van der Waals surface area (Å²) in [6, 6.07) is 5.50. The lowest BCUT2D eigenvalue weighted by atomic mass is 10.1. The Kier molecular flexibility index (Phi) is 5.70. The van der Waals surface area contributed by atoms with Crippen LogP contribution < -0.4 is 5.32 Å². The number of hydrogen-bond donors (Lipinski definition) is 1. The first-order valence-corrected chi connectivity index (χ1v) is 5.87. The Morgan fingerprint density at radius 1 is 1.53 bits per heavy atom. The molecule has 1 atom stereocenters. The summed E-state index contributed by atoms with van der Waals surface area (Å²) in [6.45, 7) is 8.76. The maximum absolute atomic E-state index is 13.4. The van der Waals surface area contributed by atoms with Crippen LogP contribution >= 0.6 is 0 Å². The summed E-state index contributed by atoms with van der Waals surface area (Å²) < 4.78 is 18.4. The summed E-state index contributed by atoms with van der Waals surface area (Å²) in [6.07, 6.45) is 2.35. The van der Waals surface area contributed by atoms with Gasteiger partial charge in [-0.3, -0.25) is 0 Å². The Labute approximate surface area is 102 Å². The van der Waals surface area contributed by atoms with Crippen LogP contribution in [0.5, 0.6) is 0 Å². The van der Waals surface area contributed by atoms with Crippen molar-refractivity contribution in [3.05, 3.63) is 48.0 Å². The van der Waals surface area contributed by atoms with Gasteiger partial charge in [0.25, 0.3) is 0 Å². The molecule has 0 saturated carbocycles. The highest BCUT2D eigenvalue weighted by atomic mass is 19.1. The SMILES string of the molecule is C=COCCCNC(C)c1ccc(C)c(F)c1. The van der Waals surface area contributed by atoms with Gasteiger partial charge in [-0.05, 0) is 44.0 Å². The predicted octanol–water partition coefficient (Wildman–Crippen LogP) is 3.33.